The first kappa shape index (κ1) is 13.9. The number of anilines is 1. The van der Waals surface area contributed by atoms with Crippen LogP contribution in [-0.2, 0) is 6.54 Å². The van der Waals surface area contributed by atoms with Crippen molar-refractivity contribution in [2.75, 3.05) is 12.4 Å². The van der Waals surface area contributed by atoms with E-state index in [1.807, 2.05) is 53.1 Å². The lowest BCUT2D eigenvalue weighted by atomic mass is 10.3. The molecule has 0 unspecified atom stereocenters. The second-order valence-corrected chi connectivity index (χ2v) is 4.57. The Balaban J connectivity index is 1.75. The number of rotatable bonds is 4. The van der Waals surface area contributed by atoms with Gasteiger partial charge in [-0.05, 0) is 24.3 Å². The summed E-state index contributed by atoms with van der Waals surface area (Å²) in [7, 11) is 1.61. The smallest absolute Gasteiger partial charge is 0.193 e. The summed E-state index contributed by atoms with van der Waals surface area (Å²) >= 11 is 0. The number of nitrogens with one attached hydrogen (secondary N) is 1. The molecule has 0 spiro atoms. The monoisotopic (exact) mass is 296 g/mol. The van der Waals surface area contributed by atoms with Crippen LogP contribution in [0.3, 0.4) is 0 Å². The molecule has 0 fully saturated rings. The third-order valence-corrected chi connectivity index (χ3v) is 3.14. The summed E-state index contributed by atoms with van der Waals surface area (Å²) in [4.78, 5) is 4.29. The number of nitrogens with zero attached hydrogens (tertiary/aromatic N) is 4. The summed E-state index contributed by atoms with van der Waals surface area (Å²) in [6.07, 6.45) is 1.89. The molecule has 2 heterocycles. The van der Waals surface area contributed by atoms with Crippen LogP contribution in [0, 0.1) is 0 Å². The van der Waals surface area contributed by atoms with E-state index >= 15 is 0 Å². The maximum Gasteiger partial charge on any atom is 0.193 e. The Bertz CT molecular complexity index is 810. The van der Waals surface area contributed by atoms with Gasteiger partial charge in [0.05, 0.1) is 12.8 Å². The van der Waals surface area contributed by atoms with Gasteiger partial charge in [0.25, 0.3) is 0 Å². The normalized spacial score (nSPS) is 11.6. The number of aliphatic imine (C=N–C) groups is 1. The second-order valence-electron chi connectivity index (χ2n) is 4.57. The maximum atomic E-state index is 5.92. The van der Waals surface area contributed by atoms with E-state index < -0.39 is 0 Å². The third kappa shape index (κ3) is 2.83. The SMILES string of the molecule is COc1ccccc1NC(N)=NCc1nnc2ccccn12. The second kappa shape index (κ2) is 6.13. The van der Waals surface area contributed by atoms with E-state index in [0.717, 1.165) is 17.2 Å². The van der Waals surface area contributed by atoms with Gasteiger partial charge >= 0.3 is 0 Å². The molecule has 22 heavy (non-hydrogen) atoms. The Kier molecular flexibility index (Phi) is 3.86. The fourth-order valence-corrected chi connectivity index (χ4v) is 2.08. The first-order valence-electron chi connectivity index (χ1n) is 6.76. The largest absolute Gasteiger partial charge is 0.495 e. The minimum Gasteiger partial charge on any atom is -0.495 e. The zero-order valence-electron chi connectivity index (χ0n) is 12.1. The van der Waals surface area contributed by atoms with Crippen molar-refractivity contribution < 1.29 is 4.74 Å². The van der Waals surface area contributed by atoms with Gasteiger partial charge in [0.2, 0.25) is 0 Å². The van der Waals surface area contributed by atoms with E-state index in [1.165, 1.54) is 0 Å². The molecule has 0 saturated carbocycles. The summed E-state index contributed by atoms with van der Waals surface area (Å²) in [5.41, 5.74) is 7.46. The van der Waals surface area contributed by atoms with Gasteiger partial charge in [-0.2, -0.15) is 0 Å². The fourth-order valence-electron chi connectivity index (χ4n) is 2.08. The van der Waals surface area contributed by atoms with Crippen LogP contribution in [0.25, 0.3) is 5.65 Å². The summed E-state index contributed by atoms with van der Waals surface area (Å²) in [6.45, 7) is 0.333. The number of nitrogens with two attached hydrogens (primary N) is 1. The summed E-state index contributed by atoms with van der Waals surface area (Å²) in [6, 6.07) is 13.2. The molecule has 7 heteroatoms. The topological polar surface area (TPSA) is 89.8 Å². The van der Waals surface area contributed by atoms with Gasteiger partial charge in [0.15, 0.2) is 17.4 Å². The van der Waals surface area contributed by atoms with Crippen molar-refractivity contribution in [2.24, 2.45) is 10.7 Å². The molecule has 3 aromatic rings. The molecule has 0 aliphatic heterocycles. The van der Waals surface area contributed by atoms with E-state index in [-0.39, 0.29) is 5.96 Å². The van der Waals surface area contributed by atoms with Gasteiger partial charge in [-0.1, -0.05) is 18.2 Å². The van der Waals surface area contributed by atoms with Crippen LogP contribution < -0.4 is 15.8 Å². The number of aromatic nitrogens is 3. The predicted octanol–water partition coefficient (Wildman–Crippen LogP) is 1.66. The minimum atomic E-state index is 0.289. The number of fused-ring (bicyclic) bond motifs is 1. The zero-order valence-corrected chi connectivity index (χ0v) is 12.1. The van der Waals surface area contributed by atoms with Crippen LogP contribution in [0.15, 0.2) is 53.7 Å². The zero-order chi connectivity index (χ0) is 15.4. The Morgan fingerprint density at radius 1 is 1.23 bits per heavy atom. The van der Waals surface area contributed by atoms with Crippen molar-refractivity contribution in [2.45, 2.75) is 6.54 Å². The predicted molar refractivity (Wildman–Crippen MR) is 84.9 cm³/mol. The lowest BCUT2D eigenvalue weighted by Gasteiger charge is -2.09. The van der Waals surface area contributed by atoms with Crippen molar-refractivity contribution in [3.63, 3.8) is 0 Å². The minimum absolute atomic E-state index is 0.289. The highest BCUT2D eigenvalue weighted by atomic mass is 16.5. The average molecular weight is 296 g/mol. The van der Waals surface area contributed by atoms with E-state index in [0.29, 0.717) is 12.3 Å². The number of benzene rings is 1. The molecule has 3 N–H and O–H groups in total. The van der Waals surface area contributed by atoms with Crippen molar-refractivity contribution >= 4 is 17.3 Å². The Hall–Kier alpha value is -3.09. The first-order chi connectivity index (χ1) is 10.8. The number of methoxy groups -OCH3 is 1. The number of guanidine groups is 1. The highest BCUT2D eigenvalue weighted by Gasteiger charge is 2.05. The van der Waals surface area contributed by atoms with Crippen LogP contribution in [0.1, 0.15) is 5.82 Å². The molecule has 0 bridgehead atoms. The van der Waals surface area contributed by atoms with Crippen LogP contribution >= 0.6 is 0 Å². The molecule has 112 valence electrons. The van der Waals surface area contributed by atoms with Gasteiger partial charge in [-0.15, -0.1) is 10.2 Å². The quantitative estimate of drug-likeness (QED) is 0.564. The van der Waals surface area contributed by atoms with Crippen molar-refractivity contribution in [3.05, 3.63) is 54.5 Å². The highest BCUT2D eigenvalue weighted by molar-refractivity contribution is 5.93. The van der Waals surface area contributed by atoms with E-state index in [9.17, 15) is 0 Å². The van der Waals surface area contributed by atoms with Crippen molar-refractivity contribution in [1.29, 1.82) is 0 Å². The van der Waals surface area contributed by atoms with Crippen molar-refractivity contribution in [3.8, 4) is 5.75 Å². The van der Waals surface area contributed by atoms with Crippen LogP contribution in [-0.4, -0.2) is 27.7 Å². The number of para-hydroxylation sites is 2. The third-order valence-electron chi connectivity index (χ3n) is 3.14. The Morgan fingerprint density at radius 3 is 2.91 bits per heavy atom. The molecule has 2 aromatic heterocycles. The Labute approximate surface area is 127 Å². The van der Waals surface area contributed by atoms with Crippen LogP contribution in [0.2, 0.25) is 0 Å². The molecule has 1 aromatic carbocycles. The molecule has 0 aliphatic rings. The Morgan fingerprint density at radius 2 is 2.05 bits per heavy atom. The van der Waals surface area contributed by atoms with E-state index in [1.54, 1.807) is 7.11 Å². The number of hydrogen-bond acceptors (Lipinski definition) is 4. The lowest BCUT2D eigenvalue weighted by Crippen LogP contribution is -2.23. The standard InChI is InChI=1S/C15H16N6O/c1-22-12-7-3-2-6-11(12)18-15(16)17-10-14-20-19-13-8-4-5-9-21(13)14/h2-9H,10H2,1H3,(H3,16,17,18). The summed E-state index contributed by atoms with van der Waals surface area (Å²) in [5, 5.41) is 11.2. The highest BCUT2D eigenvalue weighted by Crippen LogP contribution is 2.22. The molecule has 0 aliphatic carbocycles. The van der Waals surface area contributed by atoms with Gasteiger partial charge < -0.3 is 15.8 Å². The number of ether oxygens (including phenoxy) is 1. The first-order valence-corrected chi connectivity index (χ1v) is 6.76. The molecule has 0 radical (unpaired) electrons. The van der Waals surface area contributed by atoms with Gasteiger partial charge in [0, 0.05) is 6.20 Å². The van der Waals surface area contributed by atoms with E-state index in [4.69, 9.17) is 10.5 Å². The van der Waals surface area contributed by atoms with Crippen LogP contribution in [0.5, 0.6) is 5.75 Å². The molecule has 0 atom stereocenters. The fraction of sp³-hybridized carbons (Fsp3) is 0.133. The molecular weight excluding hydrogens is 280 g/mol. The van der Waals surface area contributed by atoms with Gasteiger partial charge in [-0.25, -0.2) is 4.99 Å². The summed E-state index contributed by atoms with van der Waals surface area (Å²) in [5.74, 6) is 1.71. The maximum absolute atomic E-state index is 5.92. The molecule has 0 saturated heterocycles. The summed E-state index contributed by atoms with van der Waals surface area (Å²) < 4.78 is 7.13. The molecule has 7 nitrogen and oxygen atoms in total. The average Bonchev–Trinajstić information content (AvgIpc) is 2.97. The van der Waals surface area contributed by atoms with Crippen LogP contribution in [0.4, 0.5) is 5.69 Å². The number of hydrogen-bond donors (Lipinski definition) is 2. The van der Waals surface area contributed by atoms with Gasteiger partial charge in [-0.3, -0.25) is 4.40 Å². The molecular formula is C15H16N6O. The van der Waals surface area contributed by atoms with Crippen molar-refractivity contribution in [1.82, 2.24) is 14.6 Å². The molecule has 0 amide bonds. The lowest BCUT2D eigenvalue weighted by molar-refractivity contribution is 0.417. The number of pyridine rings is 1. The van der Waals surface area contributed by atoms with Gasteiger partial charge in [0.1, 0.15) is 12.3 Å². The molecule has 3 rings (SSSR count). The van der Waals surface area contributed by atoms with E-state index in [2.05, 4.69) is 20.5 Å².